The Balaban J connectivity index is 1.73. The van der Waals surface area contributed by atoms with Gasteiger partial charge in [-0.2, -0.15) is 4.99 Å². The first kappa shape index (κ1) is 23.1. The molecule has 0 fully saturated rings. The Morgan fingerprint density at radius 2 is 1.94 bits per heavy atom. The second-order valence-electron chi connectivity index (χ2n) is 6.88. The van der Waals surface area contributed by atoms with E-state index in [1.54, 1.807) is 16.3 Å². The zero-order chi connectivity index (χ0) is 22.2. The summed E-state index contributed by atoms with van der Waals surface area (Å²) in [5.74, 6) is 1.00. The molecule has 1 amide bonds. The third-order valence-corrected chi connectivity index (χ3v) is 6.66. The summed E-state index contributed by atoms with van der Waals surface area (Å²) in [6.45, 7) is 4.55. The lowest BCUT2D eigenvalue weighted by atomic mass is 10.2. The van der Waals surface area contributed by atoms with Crippen molar-refractivity contribution in [3.63, 3.8) is 0 Å². The van der Waals surface area contributed by atoms with E-state index in [0.717, 1.165) is 28.1 Å². The third-order valence-electron chi connectivity index (χ3n) is 4.53. The molecule has 0 aliphatic heterocycles. The molecule has 0 atom stereocenters. The summed E-state index contributed by atoms with van der Waals surface area (Å²) in [4.78, 5) is 30.4. The molecule has 8 heteroatoms. The number of hydrogen-bond acceptors (Lipinski definition) is 6. The van der Waals surface area contributed by atoms with E-state index in [1.165, 1.54) is 28.9 Å². The van der Waals surface area contributed by atoms with Crippen molar-refractivity contribution in [2.24, 2.45) is 4.99 Å². The molecule has 0 unspecified atom stereocenters. The van der Waals surface area contributed by atoms with Gasteiger partial charge in [-0.15, -0.1) is 11.8 Å². The maximum atomic E-state index is 12.5. The largest absolute Gasteiger partial charge is 0.494 e. The van der Waals surface area contributed by atoms with Gasteiger partial charge in [0.1, 0.15) is 12.3 Å². The monoisotopic (exact) mass is 458 g/mol. The van der Waals surface area contributed by atoms with Gasteiger partial charge in [-0.1, -0.05) is 29.0 Å². The Morgan fingerprint density at radius 1 is 1.16 bits per heavy atom. The van der Waals surface area contributed by atoms with Crippen LogP contribution in [0.25, 0.3) is 10.2 Å². The molecule has 2 aromatic carbocycles. The fourth-order valence-electron chi connectivity index (χ4n) is 2.95. The minimum absolute atomic E-state index is 0.000128. The lowest BCUT2D eigenvalue weighted by Gasteiger charge is -2.05. The summed E-state index contributed by atoms with van der Waals surface area (Å²) in [5, 5.41) is 0. The maximum absolute atomic E-state index is 12.5. The highest BCUT2D eigenvalue weighted by molar-refractivity contribution is 7.99. The Morgan fingerprint density at radius 3 is 2.65 bits per heavy atom. The summed E-state index contributed by atoms with van der Waals surface area (Å²) in [6.07, 6.45) is 1.09. The van der Waals surface area contributed by atoms with Gasteiger partial charge in [0.15, 0.2) is 4.80 Å². The smallest absolute Gasteiger partial charge is 0.325 e. The molecule has 1 aromatic heterocycles. The number of fused-ring (bicyclic) bond motifs is 1. The third kappa shape index (κ3) is 6.45. The Kier molecular flexibility index (Phi) is 8.31. The topological polar surface area (TPSA) is 69.9 Å². The van der Waals surface area contributed by atoms with Crippen LogP contribution >= 0.6 is 23.1 Å². The first-order chi connectivity index (χ1) is 15.0. The van der Waals surface area contributed by atoms with Crippen LogP contribution in [0.15, 0.2) is 52.4 Å². The highest BCUT2D eigenvalue weighted by Crippen LogP contribution is 2.24. The Bertz CT molecular complexity index is 1120. The van der Waals surface area contributed by atoms with Gasteiger partial charge in [0, 0.05) is 11.3 Å². The van der Waals surface area contributed by atoms with E-state index in [0.29, 0.717) is 17.8 Å². The molecule has 164 valence electrons. The van der Waals surface area contributed by atoms with Crippen molar-refractivity contribution in [1.29, 1.82) is 0 Å². The zero-order valence-electron chi connectivity index (χ0n) is 17.9. The number of aryl methyl sites for hydroxylation is 1. The predicted octanol–water partition coefficient (Wildman–Crippen LogP) is 4.58. The number of thioether (sulfide) groups is 1. The first-order valence-electron chi connectivity index (χ1n) is 10.1. The van der Waals surface area contributed by atoms with Crippen molar-refractivity contribution >= 4 is 45.2 Å². The van der Waals surface area contributed by atoms with Crippen LogP contribution in [0.5, 0.6) is 5.75 Å². The number of thiazole rings is 1. The summed E-state index contributed by atoms with van der Waals surface area (Å²) in [6, 6.07) is 14.0. The van der Waals surface area contributed by atoms with Gasteiger partial charge in [0.2, 0.25) is 5.91 Å². The molecule has 3 aromatic rings. The van der Waals surface area contributed by atoms with E-state index in [2.05, 4.69) is 36.2 Å². The predicted molar refractivity (Wildman–Crippen MR) is 125 cm³/mol. The summed E-state index contributed by atoms with van der Waals surface area (Å²) < 4.78 is 13.0. The van der Waals surface area contributed by atoms with Gasteiger partial charge in [0.05, 0.1) is 23.9 Å². The summed E-state index contributed by atoms with van der Waals surface area (Å²) in [5.41, 5.74) is 2.05. The normalized spacial score (nSPS) is 11.6. The van der Waals surface area contributed by atoms with E-state index in [4.69, 9.17) is 9.47 Å². The first-order valence-corrected chi connectivity index (χ1v) is 11.9. The van der Waals surface area contributed by atoms with Crippen LogP contribution in [0.1, 0.15) is 25.3 Å². The van der Waals surface area contributed by atoms with Crippen molar-refractivity contribution in [1.82, 2.24) is 4.57 Å². The number of amides is 1. The SMILES string of the molecule is CCOc1ccc2c(c1)sc(=NC(=O)CCCSc1ccc(C)cc1)n2CC(=O)OC. The molecule has 0 saturated carbocycles. The molecule has 31 heavy (non-hydrogen) atoms. The molecule has 0 bridgehead atoms. The maximum Gasteiger partial charge on any atom is 0.325 e. The van der Waals surface area contributed by atoms with Crippen molar-refractivity contribution < 1.29 is 19.1 Å². The average molecular weight is 459 g/mol. The number of rotatable bonds is 9. The summed E-state index contributed by atoms with van der Waals surface area (Å²) >= 11 is 3.10. The summed E-state index contributed by atoms with van der Waals surface area (Å²) in [7, 11) is 1.35. The van der Waals surface area contributed by atoms with E-state index < -0.39 is 5.97 Å². The molecule has 3 rings (SSSR count). The minimum atomic E-state index is -0.392. The quantitative estimate of drug-likeness (QED) is 0.267. The van der Waals surface area contributed by atoms with E-state index >= 15 is 0 Å². The Labute approximate surface area is 189 Å². The number of carbonyl (C=O) groups excluding carboxylic acids is 2. The molecule has 0 aliphatic rings. The van der Waals surface area contributed by atoms with Crippen LogP contribution in [0.3, 0.4) is 0 Å². The second-order valence-corrected chi connectivity index (χ2v) is 9.06. The molecule has 0 N–H and O–H groups in total. The average Bonchev–Trinajstić information content (AvgIpc) is 3.08. The zero-order valence-corrected chi connectivity index (χ0v) is 19.6. The molecule has 1 heterocycles. The number of hydrogen-bond donors (Lipinski definition) is 0. The number of carbonyl (C=O) groups is 2. The van der Waals surface area contributed by atoms with Gasteiger partial charge < -0.3 is 14.0 Å². The highest BCUT2D eigenvalue weighted by atomic mass is 32.2. The number of methoxy groups -OCH3 is 1. The lowest BCUT2D eigenvalue weighted by Crippen LogP contribution is -2.22. The number of ether oxygens (including phenoxy) is 2. The van der Waals surface area contributed by atoms with Gasteiger partial charge in [-0.25, -0.2) is 0 Å². The van der Waals surface area contributed by atoms with Gasteiger partial charge in [-0.05, 0) is 56.4 Å². The van der Waals surface area contributed by atoms with Crippen molar-refractivity contribution in [2.75, 3.05) is 19.5 Å². The minimum Gasteiger partial charge on any atom is -0.494 e. The number of aromatic nitrogens is 1. The van der Waals surface area contributed by atoms with Crippen LogP contribution in [-0.4, -0.2) is 35.9 Å². The lowest BCUT2D eigenvalue weighted by molar-refractivity contribution is -0.141. The van der Waals surface area contributed by atoms with Gasteiger partial charge >= 0.3 is 5.97 Å². The number of esters is 1. The van der Waals surface area contributed by atoms with E-state index in [1.807, 2.05) is 25.1 Å². The fraction of sp³-hybridized carbons (Fsp3) is 0.348. The van der Waals surface area contributed by atoms with Gasteiger partial charge in [-0.3, -0.25) is 9.59 Å². The fourth-order valence-corrected chi connectivity index (χ4v) is 4.88. The van der Waals surface area contributed by atoms with Crippen LogP contribution in [0.2, 0.25) is 0 Å². The van der Waals surface area contributed by atoms with Crippen molar-refractivity contribution in [3.8, 4) is 5.75 Å². The standard InChI is InChI=1S/C23H26N2O4S2/c1-4-29-17-9-12-19-20(14-17)31-23(25(19)15-22(27)28-3)24-21(26)6-5-13-30-18-10-7-16(2)8-11-18/h7-12,14H,4-6,13,15H2,1-3H3. The highest BCUT2D eigenvalue weighted by Gasteiger charge is 2.12. The van der Waals surface area contributed by atoms with Crippen molar-refractivity contribution in [3.05, 3.63) is 52.8 Å². The number of benzene rings is 2. The molecule has 0 spiro atoms. The molecule has 0 aliphatic carbocycles. The molecule has 0 radical (unpaired) electrons. The van der Waals surface area contributed by atoms with Crippen LogP contribution in [-0.2, 0) is 20.9 Å². The number of nitrogens with zero attached hydrogens (tertiary/aromatic N) is 2. The van der Waals surface area contributed by atoms with Crippen LogP contribution in [0, 0.1) is 6.92 Å². The molecule has 0 saturated heterocycles. The Hall–Kier alpha value is -2.58. The second kappa shape index (κ2) is 11.2. The van der Waals surface area contributed by atoms with Crippen LogP contribution in [0.4, 0.5) is 0 Å². The van der Waals surface area contributed by atoms with E-state index in [9.17, 15) is 9.59 Å². The van der Waals surface area contributed by atoms with E-state index in [-0.39, 0.29) is 12.5 Å². The molecular weight excluding hydrogens is 432 g/mol. The van der Waals surface area contributed by atoms with Gasteiger partial charge in [0.25, 0.3) is 0 Å². The molecule has 6 nitrogen and oxygen atoms in total. The molecular formula is C23H26N2O4S2. The van der Waals surface area contributed by atoms with Crippen molar-refractivity contribution in [2.45, 2.75) is 38.1 Å². The van der Waals surface area contributed by atoms with Crippen LogP contribution < -0.4 is 9.54 Å².